The number of Topliss-reactive ketones (excluding diaryl/α,β-unsaturated/α-hetero) is 1. The molecule has 7 rings (SSSR count). The van der Waals surface area contributed by atoms with Crippen molar-refractivity contribution < 1.29 is 77.8 Å². The first-order valence-corrected chi connectivity index (χ1v) is 32.3. The lowest BCUT2D eigenvalue weighted by Crippen LogP contribution is -2.65. The van der Waals surface area contributed by atoms with Crippen LogP contribution in [0.1, 0.15) is 93.9 Å². The average Bonchev–Trinajstić information content (AvgIpc) is 2.31. The number of aliphatic hydroxyl groups is 5. The first kappa shape index (κ1) is 68.5. The minimum Gasteiger partial charge on any atom is -0.462 e. The second-order valence-electron chi connectivity index (χ2n) is 23.7. The van der Waals surface area contributed by atoms with E-state index in [-0.39, 0.29) is 35.1 Å². The zero-order chi connectivity index (χ0) is 61.0. The van der Waals surface area contributed by atoms with Gasteiger partial charge in [0.2, 0.25) is 0 Å². The fraction of sp³-hybridized carbons (Fsp3) is 0.656. The molecular formula is C64H93NO16S3. The highest BCUT2D eigenvalue weighted by molar-refractivity contribution is 8.17. The summed E-state index contributed by atoms with van der Waals surface area (Å²) in [6.07, 6.45) is -11.3. The van der Waals surface area contributed by atoms with Crippen molar-refractivity contribution in [3.8, 4) is 0 Å². The maximum absolute atomic E-state index is 15.3. The van der Waals surface area contributed by atoms with Crippen LogP contribution in [0, 0.1) is 23.7 Å². The molecular weight excluding hydrogens is 1130 g/mol. The van der Waals surface area contributed by atoms with Crippen LogP contribution in [0.3, 0.4) is 0 Å². The average molecular weight is 1230 g/mol. The van der Waals surface area contributed by atoms with Crippen LogP contribution < -0.4 is 0 Å². The van der Waals surface area contributed by atoms with Crippen LogP contribution >= 0.6 is 35.3 Å². The Kier molecular flexibility index (Phi) is 26.1. The summed E-state index contributed by atoms with van der Waals surface area (Å²) in [6.45, 7) is 14.4. The molecule has 4 heterocycles. The van der Waals surface area contributed by atoms with E-state index in [2.05, 4.69) is 24.3 Å². The standard InChI is InChI=1S/C64H93NO16S3/c1-13-49-43(35-75-63-60(74-12)59(73-11)55(69)39(5)77-63)30-37(3)50(82-44-23-17-14-18-24-44)32-47(66)36(2)29-42(31-53(83-45-25-19-15-20-26-45)84-46-27-21-16-22-28-46)57(38(4)48(67)33-51(68)79-49)81-62-56(70)54(65(9)10)58(40(6)78-62)80-52-34-64(8,72)61(71)41(7)76-52/h14-28,30,36,38-43,48-50,52-63,67,69-72H,13,29,31-35H2,1-12H3/b37-30+/t36-,38+,39-,40-,41+,42-,43+,48-,49-,50?,52+,54-,55-,56-,57-,58-,59-,60-,61+,62+,63-,64-/m1/s1. The smallest absolute Gasteiger partial charge is 0.308 e. The van der Waals surface area contributed by atoms with Gasteiger partial charge in [0.25, 0.3) is 0 Å². The molecule has 22 atom stereocenters. The third-order valence-electron chi connectivity index (χ3n) is 17.0. The maximum atomic E-state index is 15.3. The molecule has 0 aliphatic carbocycles. The molecule has 5 N–H and O–H groups in total. The highest BCUT2D eigenvalue weighted by Gasteiger charge is 2.52. The van der Waals surface area contributed by atoms with Gasteiger partial charge in [0.1, 0.15) is 48.5 Å². The van der Waals surface area contributed by atoms with Gasteiger partial charge in [-0.2, -0.15) is 0 Å². The van der Waals surface area contributed by atoms with Crippen LogP contribution in [-0.2, 0) is 52.2 Å². The second-order valence-corrected chi connectivity index (χ2v) is 27.8. The predicted molar refractivity (Wildman–Crippen MR) is 324 cm³/mol. The molecule has 17 nitrogen and oxygen atoms in total. The number of benzene rings is 3. The van der Waals surface area contributed by atoms with Crippen molar-refractivity contribution in [1.29, 1.82) is 0 Å². The van der Waals surface area contributed by atoms with E-state index in [1.165, 1.54) is 14.2 Å². The molecule has 0 amide bonds. The summed E-state index contributed by atoms with van der Waals surface area (Å²) in [5.41, 5.74) is -0.628. The Balaban J connectivity index is 1.29. The predicted octanol–water partition coefficient (Wildman–Crippen LogP) is 8.54. The van der Waals surface area contributed by atoms with E-state index in [9.17, 15) is 30.3 Å². The molecule has 0 radical (unpaired) electrons. The van der Waals surface area contributed by atoms with Gasteiger partial charge in [0.05, 0.1) is 59.8 Å². The van der Waals surface area contributed by atoms with Gasteiger partial charge >= 0.3 is 5.97 Å². The zero-order valence-corrected chi connectivity index (χ0v) is 53.2. The van der Waals surface area contributed by atoms with E-state index >= 15 is 4.79 Å². The maximum Gasteiger partial charge on any atom is 0.308 e. The van der Waals surface area contributed by atoms with E-state index in [0.29, 0.717) is 19.3 Å². The van der Waals surface area contributed by atoms with Crippen LogP contribution in [0.15, 0.2) is 117 Å². The Labute approximate surface area is 510 Å². The molecule has 4 aliphatic heterocycles. The molecule has 20 heteroatoms. The third kappa shape index (κ3) is 18.1. The molecule has 3 fully saturated rings. The number of cyclic esters (lactones) is 1. The number of likely N-dealkylation sites (N-methyl/N-ethyl adjacent to an activating group) is 1. The molecule has 0 saturated carbocycles. The monoisotopic (exact) mass is 1230 g/mol. The number of rotatable bonds is 19. The number of carbonyl (C=O) groups excluding carboxylic acids is 2. The third-order valence-corrected chi connectivity index (χ3v) is 20.9. The molecule has 3 aromatic carbocycles. The number of esters is 1. The van der Waals surface area contributed by atoms with E-state index in [1.54, 1.807) is 56.1 Å². The van der Waals surface area contributed by atoms with E-state index in [0.717, 1.165) is 20.3 Å². The summed E-state index contributed by atoms with van der Waals surface area (Å²) in [5.74, 6) is -3.03. The van der Waals surface area contributed by atoms with Gasteiger partial charge in [-0.3, -0.25) is 9.59 Å². The van der Waals surface area contributed by atoms with Crippen molar-refractivity contribution in [3.05, 3.63) is 103 Å². The summed E-state index contributed by atoms with van der Waals surface area (Å²) in [6, 6.07) is 29.4. The highest BCUT2D eigenvalue weighted by Crippen LogP contribution is 2.45. The lowest BCUT2D eigenvalue weighted by molar-refractivity contribution is -0.342. The number of ketones is 1. The molecule has 0 aromatic heterocycles. The molecule has 3 aromatic rings. The minimum atomic E-state index is -1.50. The first-order chi connectivity index (χ1) is 40.0. The fourth-order valence-electron chi connectivity index (χ4n) is 12.1. The minimum absolute atomic E-state index is 0.00159. The SMILES string of the molecule is CC[C@H]1OC(=O)C[C@@H](O)[C@H](C)[C@@H](O[C@@H]2O[C@H](C)[C@@H](O[C@H]3C[C@@](C)(O)[C@@H](O)[C@H](C)O3)[C@H](N(C)C)[C@H]2O)[C@@H](CC(Sc2ccccc2)Sc2ccccc2)C[C@@H](C)C(=O)CC(Sc2ccccc2)/C(C)=C/[C@H]1CO[C@@H]1O[C@H](C)[C@@H](O)[C@@H](OC)[C@H]1OC. The quantitative estimate of drug-likeness (QED) is 0.0328. The Hall–Kier alpha value is -2.97. The summed E-state index contributed by atoms with van der Waals surface area (Å²) in [7, 11) is 6.63. The normalized spacial score (nSPS) is 38.5. The van der Waals surface area contributed by atoms with Gasteiger partial charge < -0.3 is 73.1 Å². The van der Waals surface area contributed by atoms with E-state index in [4.69, 9.17) is 42.6 Å². The number of thioether (sulfide) groups is 3. The molecule has 3 saturated heterocycles. The number of hydrogen-bond donors (Lipinski definition) is 5. The van der Waals surface area contributed by atoms with E-state index in [1.807, 2.05) is 126 Å². The van der Waals surface area contributed by atoms with Crippen molar-refractivity contribution >= 4 is 47.0 Å². The molecule has 1 unspecified atom stereocenters. The Morgan fingerprint density at radius 2 is 1.30 bits per heavy atom. The van der Waals surface area contributed by atoms with Crippen LogP contribution in [-0.4, -0.2) is 191 Å². The zero-order valence-electron chi connectivity index (χ0n) is 50.8. The van der Waals surface area contributed by atoms with Gasteiger partial charge in [-0.15, -0.1) is 35.3 Å². The Morgan fingerprint density at radius 1 is 0.714 bits per heavy atom. The summed E-state index contributed by atoms with van der Waals surface area (Å²) < 4.78 is 57.0. The Morgan fingerprint density at radius 3 is 1.86 bits per heavy atom. The number of aliphatic hydroxyl groups excluding tert-OH is 4. The molecule has 0 spiro atoms. The highest BCUT2D eigenvalue weighted by atomic mass is 32.2. The van der Waals surface area contributed by atoms with Crippen molar-refractivity contribution in [1.82, 2.24) is 4.90 Å². The number of ether oxygens (including phenoxy) is 9. The molecule has 84 heavy (non-hydrogen) atoms. The molecule has 0 bridgehead atoms. The van der Waals surface area contributed by atoms with Crippen LogP contribution in [0.5, 0.6) is 0 Å². The number of carbonyl (C=O) groups is 2. The largest absolute Gasteiger partial charge is 0.462 e. The number of hydrogen-bond acceptors (Lipinski definition) is 20. The Bertz CT molecular complexity index is 2460. The van der Waals surface area contributed by atoms with Crippen molar-refractivity contribution in [2.45, 2.75) is 222 Å². The van der Waals surface area contributed by atoms with Crippen LogP contribution in [0.2, 0.25) is 0 Å². The van der Waals surface area contributed by atoms with Crippen LogP contribution in [0.4, 0.5) is 0 Å². The van der Waals surface area contributed by atoms with Crippen molar-refractivity contribution in [2.24, 2.45) is 23.7 Å². The number of nitrogens with zero attached hydrogens (tertiary/aromatic N) is 1. The van der Waals surface area contributed by atoms with Crippen LogP contribution in [0.25, 0.3) is 0 Å². The van der Waals surface area contributed by atoms with Crippen molar-refractivity contribution in [3.63, 3.8) is 0 Å². The molecule has 4 aliphatic rings. The topological polar surface area (TPSA) is 222 Å². The summed E-state index contributed by atoms with van der Waals surface area (Å²) in [5, 5.41) is 57.7. The van der Waals surface area contributed by atoms with Crippen molar-refractivity contribution in [2.75, 3.05) is 34.9 Å². The van der Waals surface area contributed by atoms with Gasteiger partial charge in [-0.05, 0) is 110 Å². The number of methoxy groups -OCH3 is 2. The van der Waals surface area contributed by atoms with Gasteiger partial charge in [0.15, 0.2) is 18.9 Å². The fourth-order valence-corrected chi connectivity index (χ4v) is 16.0. The summed E-state index contributed by atoms with van der Waals surface area (Å²) in [4.78, 5) is 34.8. The van der Waals surface area contributed by atoms with Gasteiger partial charge in [0, 0.05) is 64.8 Å². The van der Waals surface area contributed by atoms with Gasteiger partial charge in [-0.25, -0.2) is 0 Å². The second kappa shape index (κ2) is 32.0. The molecule has 468 valence electrons. The summed E-state index contributed by atoms with van der Waals surface area (Å²) >= 11 is 4.97. The first-order valence-electron chi connectivity index (χ1n) is 29.6. The lowest BCUT2D eigenvalue weighted by atomic mass is 9.79. The lowest BCUT2D eigenvalue weighted by Gasteiger charge is -2.50. The van der Waals surface area contributed by atoms with E-state index < -0.39 is 140 Å². The van der Waals surface area contributed by atoms with Gasteiger partial charge in [-0.1, -0.05) is 87.0 Å².